The third-order valence-corrected chi connectivity index (χ3v) is 3.73. The second kappa shape index (κ2) is 5.27. The lowest BCUT2D eigenvalue weighted by atomic mass is 10.1. The predicted molar refractivity (Wildman–Crippen MR) is 68.4 cm³/mol. The van der Waals surface area contributed by atoms with Gasteiger partial charge in [0.1, 0.15) is 5.01 Å². The van der Waals surface area contributed by atoms with E-state index in [4.69, 9.17) is 0 Å². The van der Waals surface area contributed by atoms with Gasteiger partial charge in [0.05, 0.1) is 6.42 Å². The number of hydrogen-bond donors (Lipinski definition) is 0. The standard InChI is InChI=1S/C12H11NOS2/c1-15-10-4-2-9(3-5-10)11(14)8-12-13-6-7-16-12/h2-7H,8H2,1H3. The van der Waals surface area contributed by atoms with Crippen molar-refractivity contribution in [1.82, 2.24) is 4.98 Å². The average Bonchev–Trinajstić information content (AvgIpc) is 2.82. The number of thiazole rings is 1. The zero-order chi connectivity index (χ0) is 11.4. The van der Waals surface area contributed by atoms with E-state index < -0.39 is 0 Å². The number of thioether (sulfide) groups is 1. The molecular formula is C12H11NOS2. The summed E-state index contributed by atoms with van der Waals surface area (Å²) in [6.07, 6.45) is 4.15. The minimum absolute atomic E-state index is 0.127. The Morgan fingerprint density at radius 1 is 1.38 bits per heavy atom. The molecule has 0 unspecified atom stereocenters. The van der Waals surface area contributed by atoms with Crippen LogP contribution in [0.4, 0.5) is 0 Å². The molecule has 0 amide bonds. The van der Waals surface area contributed by atoms with Gasteiger partial charge in [-0.1, -0.05) is 12.1 Å². The zero-order valence-corrected chi connectivity index (χ0v) is 10.5. The third kappa shape index (κ3) is 2.71. The van der Waals surface area contributed by atoms with Crippen LogP contribution in [0.2, 0.25) is 0 Å². The van der Waals surface area contributed by atoms with E-state index in [-0.39, 0.29) is 5.78 Å². The second-order valence-electron chi connectivity index (χ2n) is 3.25. The first-order chi connectivity index (χ1) is 7.79. The van der Waals surface area contributed by atoms with Gasteiger partial charge in [-0.2, -0.15) is 0 Å². The van der Waals surface area contributed by atoms with Crippen LogP contribution in [0.25, 0.3) is 0 Å². The largest absolute Gasteiger partial charge is 0.294 e. The molecule has 0 aliphatic heterocycles. The molecule has 1 aromatic heterocycles. The lowest BCUT2D eigenvalue weighted by molar-refractivity contribution is 0.0993. The SMILES string of the molecule is CSc1ccc(C(=O)Cc2nccs2)cc1. The third-order valence-electron chi connectivity index (χ3n) is 2.21. The molecule has 1 aromatic carbocycles. The van der Waals surface area contributed by atoms with Crippen molar-refractivity contribution in [2.24, 2.45) is 0 Å². The predicted octanol–water partition coefficient (Wildman–Crippen LogP) is 3.29. The molecule has 2 rings (SSSR count). The van der Waals surface area contributed by atoms with Crippen molar-refractivity contribution >= 4 is 28.9 Å². The lowest BCUT2D eigenvalue weighted by Crippen LogP contribution is -2.02. The maximum absolute atomic E-state index is 11.9. The molecule has 82 valence electrons. The molecule has 0 aliphatic carbocycles. The molecule has 0 saturated heterocycles. The van der Waals surface area contributed by atoms with E-state index in [1.54, 1.807) is 18.0 Å². The fourth-order valence-corrected chi connectivity index (χ4v) is 2.38. The van der Waals surface area contributed by atoms with Crippen molar-refractivity contribution in [3.63, 3.8) is 0 Å². The maximum atomic E-state index is 11.9. The summed E-state index contributed by atoms with van der Waals surface area (Å²) >= 11 is 3.19. The van der Waals surface area contributed by atoms with Gasteiger partial charge in [-0.25, -0.2) is 4.98 Å². The van der Waals surface area contributed by atoms with Gasteiger partial charge in [-0.3, -0.25) is 4.79 Å². The molecule has 0 radical (unpaired) electrons. The molecule has 0 atom stereocenters. The highest BCUT2D eigenvalue weighted by Crippen LogP contribution is 2.16. The van der Waals surface area contributed by atoms with E-state index in [2.05, 4.69) is 4.98 Å². The number of ketones is 1. The van der Waals surface area contributed by atoms with Gasteiger partial charge in [-0.05, 0) is 18.4 Å². The minimum Gasteiger partial charge on any atom is -0.294 e. The number of hydrogen-bond acceptors (Lipinski definition) is 4. The molecule has 0 aliphatic rings. The van der Waals surface area contributed by atoms with Crippen LogP contribution in [0.5, 0.6) is 0 Å². The Morgan fingerprint density at radius 3 is 2.69 bits per heavy atom. The summed E-state index contributed by atoms with van der Waals surface area (Å²) in [4.78, 5) is 17.2. The van der Waals surface area contributed by atoms with Gasteiger partial charge >= 0.3 is 0 Å². The smallest absolute Gasteiger partial charge is 0.169 e. The first-order valence-electron chi connectivity index (χ1n) is 4.85. The fraction of sp³-hybridized carbons (Fsp3) is 0.167. The highest BCUT2D eigenvalue weighted by atomic mass is 32.2. The summed E-state index contributed by atoms with van der Waals surface area (Å²) < 4.78 is 0. The van der Waals surface area contributed by atoms with Crippen LogP contribution in [-0.2, 0) is 6.42 Å². The van der Waals surface area contributed by atoms with Crippen molar-refractivity contribution in [3.8, 4) is 0 Å². The summed E-state index contributed by atoms with van der Waals surface area (Å²) in [7, 11) is 0. The molecule has 16 heavy (non-hydrogen) atoms. The summed E-state index contributed by atoms with van der Waals surface area (Å²) in [5, 5.41) is 2.76. The molecule has 0 fully saturated rings. The van der Waals surface area contributed by atoms with Gasteiger partial charge in [-0.15, -0.1) is 23.1 Å². The van der Waals surface area contributed by atoms with Gasteiger partial charge < -0.3 is 0 Å². The van der Waals surface area contributed by atoms with E-state index in [9.17, 15) is 4.79 Å². The molecule has 2 nitrogen and oxygen atoms in total. The number of carbonyl (C=O) groups excluding carboxylic acids is 1. The molecule has 0 N–H and O–H groups in total. The lowest BCUT2D eigenvalue weighted by Gasteiger charge is -2.00. The highest BCUT2D eigenvalue weighted by Gasteiger charge is 2.08. The molecule has 0 saturated carbocycles. The Hall–Kier alpha value is -1.13. The van der Waals surface area contributed by atoms with Crippen LogP contribution >= 0.6 is 23.1 Å². The number of nitrogens with zero attached hydrogens (tertiary/aromatic N) is 1. The van der Waals surface area contributed by atoms with Gasteiger partial charge in [0.25, 0.3) is 0 Å². The molecular weight excluding hydrogens is 238 g/mol. The number of Topliss-reactive ketones (excluding diaryl/α,β-unsaturated/α-hetero) is 1. The summed E-state index contributed by atoms with van der Waals surface area (Å²) in [5.41, 5.74) is 0.757. The molecule has 0 bridgehead atoms. The first kappa shape index (κ1) is 11.4. The Kier molecular flexibility index (Phi) is 3.74. The van der Waals surface area contributed by atoms with E-state index in [1.807, 2.05) is 35.9 Å². The topological polar surface area (TPSA) is 30.0 Å². The van der Waals surface area contributed by atoms with E-state index >= 15 is 0 Å². The Morgan fingerprint density at radius 2 is 2.12 bits per heavy atom. The number of benzene rings is 1. The van der Waals surface area contributed by atoms with E-state index in [1.165, 1.54) is 16.2 Å². The minimum atomic E-state index is 0.127. The van der Waals surface area contributed by atoms with Crippen LogP contribution in [-0.4, -0.2) is 17.0 Å². The van der Waals surface area contributed by atoms with Crippen LogP contribution in [0.15, 0.2) is 40.7 Å². The van der Waals surface area contributed by atoms with E-state index in [0.29, 0.717) is 6.42 Å². The fourth-order valence-electron chi connectivity index (χ4n) is 1.36. The average molecular weight is 249 g/mol. The Bertz CT molecular complexity index is 462. The van der Waals surface area contributed by atoms with Crippen LogP contribution in [0.1, 0.15) is 15.4 Å². The summed E-state index contributed by atoms with van der Waals surface area (Å²) in [5.74, 6) is 0.127. The Balaban J connectivity index is 2.09. The van der Waals surface area contributed by atoms with Crippen molar-refractivity contribution in [1.29, 1.82) is 0 Å². The maximum Gasteiger partial charge on any atom is 0.169 e. The highest BCUT2D eigenvalue weighted by molar-refractivity contribution is 7.98. The number of carbonyl (C=O) groups is 1. The van der Waals surface area contributed by atoms with Crippen LogP contribution in [0, 0.1) is 0 Å². The number of rotatable bonds is 4. The van der Waals surface area contributed by atoms with Crippen molar-refractivity contribution in [3.05, 3.63) is 46.4 Å². The second-order valence-corrected chi connectivity index (χ2v) is 5.11. The Labute approximate surface area is 103 Å². The summed E-state index contributed by atoms with van der Waals surface area (Å²) in [6.45, 7) is 0. The van der Waals surface area contributed by atoms with Crippen molar-refractivity contribution in [2.75, 3.05) is 6.26 Å². The van der Waals surface area contributed by atoms with Crippen LogP contribution < -0.4 is 0 Å². The van der Waals surface area contributed by atoms with Crippen molar-refractivity contribution < 1.29 is 4.79 Å². The first-order valence-corrected chi connectivity index (χ1v) is 6.95. The zero-order valence-electron chi connectivity index (χ0n) is 8.84. The van der Waals surface area contributed by atoms with Gasteiger partial charge in [0, 0.05) is 22.0 Å². The van der Waals surface area contributed by atoms with E-state index in [0.717, 1.165) is 10.6 Å². The molecule has 2 aromatic rings. The van der Waals surface area contributed by atoms with Crippen molar-refractivity contribution in [2.45, 2.75) is 11.3 Å². The monoisotopic (exact) mass is 249 g/mol. The van der Waals surface area contributed by atoms with Gasteiger partial charge in [0.2, 0.25) is 0 Å². The summed E-state index contributed by atoms with van der Waals surface area (Å²) in [6, 6.07) is 7.70. The van der Waals surface area contributed by atoms with Crippen LogP contribution in [0.3, 0.4) is 0 Å². The number of aromatic nitrogens is 1. The van der Waals surface area contributed by atoms with Gasteiger partial charge in [0.15, 0.2) is 5.78 Å². The molecule has 0 spiro atoms. The molecule has 1 heterocycles. The quantitative estimate of drug-likeness (QED) is 0.615. The normalized spacial score (nSPS) is 10.3. The molecule has 4 heteroatoms.